The smallest absolute Gasteiger partial charge is 0.255 e. The third kappa shape index (κ3) is 4.92. The third-order valence-corrected chi connectivity index (χ3v) is 3.87. The number of hydrogen-bond donors (Lipinski definition) is 3. The van der Waals surface area contributed by atoms with Crippen LogP contribution in [0.25, 0.3) is 0 Å². The summed E-state index contributed by atoms with van der Waals surface area (Å²) in [6.07, 6.45) is 1.58. The largest absolute Gasteiger partial charge is 0.340 e. The van der Waals surface area contributed by atoms with Crippen LogP contribution in [0.1, 0.15) is 22.8 Å². The Balaban J connectivity index is 1.75. The van der Waals surface area contributed by atoms with Gasteiger partial charge >= 0.3 is 0 Å². The van der Waals surface area contributed by atoms with Gasteiger partial charge in [0.15, 0.2) is 0 Å². The van der Waals surface area contributed by atoms with Crippen LogP contribution in [0.15, 0.2) is 66.9 Å². The van der Waals surface area contributed by atoms with Crippen molar-refractivity contribution >= 4 is 34.7 Å². The van der Waals surface area contributed by atoms with Gasteiger partial charge in [-0.2, -0.15) is 0 Å². The number of hydrogen-bond acceptors (Lipinski definition) is 4. The van der Waals surface area contributed by atoms with Crippen molar-refractivity contribution in [3.63, 3.8) is 0 Å². The number of para-hydroxylation sites is 1. The predicted octanol–water partition coefficient (Wildman–Crippen LogP) is 4.34. The summed E-state index contributed by atoms with van der Waals surface area (Å²) in [5, 5.41) is 8.78. The molecule has 0 saturated heterocycles. The number of nitrogens with zero attached hydrogens (tertiary/aromatic N) is 1. The Labute approximate surface area is 157 Å². The van der Waals surface area contributed by atoms with E-state index >= 15 is 0 Å². The highest BCUT2D eigenvalue weighted by Gasteiger charge is 2.09. The summed E-state index contributed by atoms with van der Waals surface area (Å²) >= 11 is 0. The zero-order valence-electron chi connectivity index (χ0n) is 15.1. The molecule has 6 heteroatoms. The van der Waals surface area contributed by atoms with E-state index in [0.717, 1.165) is 16.9 Å². The average Bonchev–Trinajstić information content (AvgIpc) is 2.63. The molecular formula is C21H20N4O2. The first kappa shape index (κ1) is 18.1. The summed E-state index contributed by atoms with van der Waals surface area (Å²) in [5.41, 5.74) is 3.70. The highest BCUT2D eigenvalue weighted by atomic mass is 16.2. The van der Waals surface area contributed by atoms with E-state index in [0.29, 0.717) is 17.1 Å². The van der Waals surface area contributed by atoms with Crippen molar-refractivity contribution in [2.24, 2.45) is 0 Å². The van der Waals surface area contributed by atoms with Crippen molar-refractivity contribution < 1.29 is 9.59 Å². The molecule has 3 rings (SSSR count). The third-order valence-electron chi connectivity index (χ3n) is 3.87. The molecule has 3 aromatic rings. The van der Waals surface area contributed by atoms with E-state index in [1.54, 1.807) is 30.5 Å². The van der Waals surface area contributed by atoms with Gasteiger partial charge in [0.2, 0.25) is 5.91 Å². The lowest BCUT2D eigenvalue weighted by Gasteiger charge is -2.10. The molecule has 0 unspecified atom stereocenters. The fourth-order valence-electron chi connectivity index (χ4n) is 2.57. The summed E-state index contributed by atoms with van der Waals surface area (Å²) in [7, 11) is 0. The molecule has 1 aromatic heterocycles. The molecule has 0 atom stereocenters. The standard InChI is InChI=1S/C21H20N4O2/c1-14-6-3-4-9-19(14)25-21(27)16-10-11-22-20(12-16)24-18-8-5-7-17(13-18)23-15(2)26/h3-13H,1-2H3,(H,22,24)(H,23,26)(H,25,27). The van der Waals surface area contributed by atoms with E-state index in [2.05, 4.69) is 20.9 Å². The average molecular weight is 360 g/mol. The maximum atomic E-state index is 12.5. The van der Waals surface area contributed by atoms with Crippen molar-refractivity contribution in [1.82, 2.24) is 4.98 Å². The number of aromatic nitrogens is 1. The van der Waals surface area contributed by atoms with Gasteiger partial charge in [-0.3, -0.25) is 9.59 Å². The van der Waals surface area contributed by atoms with Gasteiger partial charge in [-0.05, 0) is 48.9 Å². The maximum absolute atomic E-state index is 12.5. The molecule has 0 aliphatic rings. The first-order valence-corrected chi connectivity index (χ1v) is 8.49. The number of benzene rings is 2. The van der Waals surface area contributed by atoms with Gasteiger partial charge in [0.25, 0.3) is 5.91 Å². The minimum absolute atomic E-state index is 0.139. The lowest BCUT2D eigenvalue weighted by Crippen LogP contribution is -2.13. The van der Waals surface area contributed by atoms with E-state index in [4.69, 9.17) is 0 Å². The summed E-state index contributed by atoms with van der Waals surface area (Å²) < 4.78 is 0. The molecule has 0 aliphatic heterocycles. The van der Waals surface area contributed by atoms with E-state index in [1.807, 2.05) is 43.3 Å². The molecule has 0 bridgehead atoms. The van der Waals surface area contributed by atoms with Crippen LogP contribution >= 0.6 is 0 Å². The fraction of sp³-hybridized carbons (Fsp3) is 0.0952. The monoisotopic (exact) mass is 360 g/mol. The second kappa shape index (κ2) is 8.14. The quantitative estimate of drug-likeness (QED) is 0.632. The van der Waals surface area contributed by atoms with Gasteiger partial charge in [-0.25, -0.2) is 4.98 Å². The van der Waals surface area contributed by atoms with Crippen LogP contribution in [0, 0.1) is 6.92 Å². The topological polar surface area (TPSA) is 83.1 Å². The highest BCUT2D eigenvalue weighted by molar-refractivity contribution is 6.05. The number of rotatable bonds is 5. The lowest BCUT2D eigenvalue weighted by molar-refractivity contribution is -0.114. The summed E-state index contributed by atoms with van der Waals surface area (Å²) in [6, 6.07) is 18.2. The molecule has 0 saturated carbocycles. The zero-order chi connectivity index (χ0) is 19.2. The number of carbonyl (C=O) groups is 2. The molecule has 1 heterocycles. The molecule has 0 spiro atoms. The minimum Gasteiger partial charge on any atom is -0.340 e. The van der Waals surface area contributed by atoms with Gasteiger partial charge in [0, 0.05) is 35.7 Å². The van der Waals surface area contributed by atoms with Gasteiger partial charge in [-0.15, -0.1) is 0 Å². The van der Waals surface area contributed by atoms with Crippen LogP contribution in [-0.2, 0) is 4.79 Å². The molecule has 0 fully saturated rings. The predicted molar refractivity (Wildman–Crippen MR) is 107 cm³/mol. The number of carbonyl (C=O) groups excluding carboxylic acids is 2. The number of nitrogens with one attached hydrogen (secondary N) is 3. The zero-order valence-corrected chi connectivity index (χ0v) is 15.1. The molecule has 6 nitrogen and oxygen atoms in total. The lowest BCUT2D eigenvalue weighted by atomic mass is 10.2. The van der Waals surface area contributed by atoms with Gasteiger partial charge in [0.1, 0.15) is 5.82 Å². The van der Waals surface area contributed by atoms with Crippen molar-refractivity contribution in [2.75, 3.05) is 16.0 Å². The van der Waals surface area contributed by atoms with Crippen molar-refractivity contribution in [3.8, 4) is 0 Å². The highest BCUT2D eigenvalue weighted by Crippen LogP contribution is 2.20. The van der Waals surface area contributed by atoms with Crippen LogP contribution in [-0.4, -0.2) is 16.8 Å². The molecule has 0 radical (unpaired) electrons. The summed E-state index contributed by atoms with van der Waals surface area (Å²) in [5.74, 6) is 0.189. The maximum Gasteiger partial charge on any atom is 0.255 e. The normalized spacial score (nSPS) is 10.1. The second-order valence-electron chi connectivity index (χ2n) is 6.09. The van der Waals surface area contributed by atoms with Gasteiger partial charge in [0.05, 0.1) is 0 Å². The van der Waals surface area contributed by atoms with E-state index in [9.17, 15) is 9.59 Å². The van der Waals surface area contributed by atoms with E-state index in [1.165, 1.54) is 6.92 Å². The summed E-state index contributed by atoms with van der Waals surface area (Å²) in [4.78, 5) is 28.0. The van der Waals surface area contributed by atoms with Crippen LogP contribution in [0.3, 0.4) is 0 Å². The van der Waals surface area contributed by atoms with Crippen molar-refractivity contribution in [2.45, 2.75) is 13.8 Å². The first-order chi connectivity index (χ1) is 13.0. The Morgan fingerprint density at radius 3 is 2.44 bits per heavy atom. The van der Waals surface area contributed by atoms with Crippen molar-refractivity contribution in [3.05, 3.63) is 78.0 Å². The molecule has 2 aromatic carbocycles. The molecule has 27 heavy (non-hydrogen) atoms. The molecular weight excluding hydrogens is 340 g/mol. The Morgan fingerprint density at radius 1 is 0.889 bits per heavy atom. The molecule has 0 aliphatic carbocycles. The van der Waals surface area contributed by atoms with Crippen molar-refractivity contribution in [1.29, 1.82) is 0 Å². The molecule has 2 amide bonds. The Kier molecular flexibility index (Phi) is 5.47. The molecule has 3 N–H and O–H groups in total. The summed E-state index contributed by atoms with van der Waals surface area (Å²) in [6.45, 7) is 3.40. The van der Waals surface area contributed by atoms with Gasteiger partial charge in [-0.1, -0.05) is 24.3 Å². The van der Waals surface area contributed by atoms with Crippen LogP contribution in [0.4, 0.5) is 22.9 Å². The Hall–Kier alpha value is -3.67. The van der Waals surface area contributed by atoms with E-state index in [-0.39, 0.29) is 11.8 Å². The SMILES string of the molecule is CC(=O)Nc1cccc(Nc2cc(C(=O)Nc3ccccc3C)ccn2)c1. The molecule has 136 valence electrons. The van der Waals surface area contributed by atoms with Gasteiger partial charge < -0.3 is 16.0 Å². The fourth-order valence-corrected chi connectivity index (χ4v) is 2.57. The number of anilines is 4. The Bertz CT molecular complexity index is 985. The second-order valence-corrected chi connectivity index (χ2v) is 6.09. The van der Waals surface area contributed by atoms with Crippen LogP contribution in [0.5, 0.6) is 0 Å². The first-order valence-electron chi connectivity index (χ1n) is 8.49. The minimum atomic E-state index is -0.207. The number of aryl methyl sites for hydroxylation is 1. The number of pyridine rings is 1. The van der Waals surface area contributed by atoms with Crippen LogP contribution in [0.2, 0.25) is 0 Å². The van der Waals surface area contributed by atoms with Crippen LogP contribution < -0.4 is 16.0 Å². The van der Waals surface area contributed by atoms with E-state index < -0.39 is 0 Å². The number of amides is 2. The Morgan fingerprint density at radius 2 is 1.67 bits per heavy atom.